The van der Waals surface area contributed by atoms with Gasteiger partial charge in [0.25, 0.3) is 0 Å². The van der Waals surface area contributed by atoms with E-state index >= 15 is 0 Å². The van der Waals surface area contributed by atoms with Crippen molar-refractivity contribution in [1.82, 2.24) is 10.6 Å². The zero-order valence-corrected chi connectivity index (χ0v) is 10.0. The summed E-state index contributed by atoms with van der Waals surface area (Å²) < 4.78 is 5.87. The molecule has 0 bridgehead atoms. The van der Waals surface area contributed by atoms with Crippen molar-refractivity contribution in [3.8, 4) is 0 Å². The summed E-state index contributed by atoms with van der Waals surface area (Å²) in [6.45, 7) is 8.47. The summed E-state index contributed by atoms with van der Waals surface area (Å²) in [6.07, 6.45) is 2.49. The van der Waals surface area contributed by atoms with E-state index in [-0.39, 0.29) is 23.7 Å². The molecule has 2 rings (SSSR count). The van der Waals surface area contributed by atoms with Gasteiger partial charge in [-0.15, -0.1) is 12.4 Å². The largest absolute Gasteiger partial charge is 0.357 e. The Balaban J connectivity index is 0.000000980. The molecule has 84 valence electrons. The highest BCUT2D eigenvalue weighted by Crippen LogP contribution is 2.29. The van der Waals surface area contributed by atoms with E-state index in [9.17, 15) is 0 Å². The van der Waals surface area contributed by atoms with Crippen LogP contribution in [0.4, 0.5) is 0 Å². The molecule has 4 heteroatoms. The molecule has 2 N–H and O–H groups in total. The van der Waals surface area contributed by atoms with Gasteiger partial charge in [0.05, 0.1) is 6.61 Å². The highest BCUT2D eigenvalue weighted by molar-refractivity contribution is 5.85. The minimum atomic E-state index is -0.153. The third-order valence-corrected chi connectivity index (χ3v) is 3.04. The van der Waals surface area contributed by atoms with Crippen LogP contribution in [0.3, 0.4) is 0 Å². The Labute approximate surface area is 92.4 Å². The fourth-order valence-corrected chi connectivity index (χ4v) is 2.42. The van der Waals surface area contributed by atoms with Crippen LogP contribution in [0.5, 0.6) is 0 Å². The quantitative estimate of drug-likeness (QED) is 0.699. The van der Waals surface area contributed by atoms with E-state index in [4.69, 9.17) is 4.74 Å². The van der Waals surface area contributed by atoms with E-state index in [1.807, 2.05) is 0 Å². The molecule has 0 aromatic carbocycles. The first-order valence-electron chi connectivity index (χ1n) is 5.19. The molecule has 0 aromatic rings. The molecule has 2 unspecified atom stereocenters. The fourth-order valence-electron chi connectivity index (χ4n) is 2.42. The first-order chi connectivity index (χ1) is 6.02. The summed E-state index contributed by atoms with van der Waals surface area (Å²) in [6, 6.07) is 0.481. The van der Waals surface area contributed by atoms with Crippen LogP contribution >= 0.6 is 12.4 Å². The predicted octanol–water partition coefficient (Wildman–Crippen LogP) is 1.27. The molecule has 2 heterocycles. The van der Waals surface area contributed by atoms with Crippen molar-refractivity contribution in [1.29, 1.82) is 0 Å². The number of nitrogens with one attached hydrogen (secondary N) is 2. The van der Waals surface area contributed by atoms with Crippen LogP contribution in [0.2, 0.25) is 0 Å². The number of hydrogen-bond donors (Lipinski definition) is 2. The Hall–Kier alpha value is 0.170. The molecular weight excluding hydrogens is 200 g/mol. The van der Waals surface area contributed by atoms with E-state index in [0.29, 0.717) is 6.04 Å². The van der Waals surface area contributed by atoms with Crippen LogP contribution in [0.15, 0.2) is 0 Å². The highest BCUT2D eigenvalue weighted by atomic mass is 35.5. The van der Waals surface area contributed by atoms with E-state index in [1.54, 1.807) is 0 Å². The minimum absolute atomic E-state index is 0. The van der Waals surface area contributed by atoms with Gasteiger partial charge in [0.1, 0.15) is 5.72 Å². The van der Waals surface area contributed by atoms with Gasteiger partial charge in [-0.1, -0.05) is 0 Å². The lowest BCUT2D eigenvalue weighted by Gasteiger charge is -2.32. The Morgan fingerprint density at radius 3 is 2.43 bits per heavy atom. The normalized spacial score (nSPS) is 40.9. The summed E-state index contributed by atoms with van der Waals surface area (Å²) in [5.74, 6) is 0. The molecule has 2 aliphatic rings. The molecule has 0 spiro atoms. The average molecular weight is 221 g/mol. The molecular formula is C10H21ClN2O. The van der Waals surface area contributed by atoms with Crippen molar-refractivity contribution < 1.29 is 4.74 Å². The van der Waals surface area contributed by atoms with Gasteiger partial charge < -0.3 is 10.1 Å². The maximum absolute atomic E-state index is 5.87. The van der Waals surface area contributed by atoms with E-state index < -0.39 is 0 Å². The maximum atomic E-state index is 5.87. The summed E-state index contributed by atoms with van der Waals surface area (Å²) in [7, 11) is 0. The Morgan fingerprint density at radius 1 is 1.29 bits per heavy atom. The van der Waals surface area contributed by atoms with Crippen LogP contribution in [-0.4, -0.2) is 30.5 Å². The number of hydrogen-bond acceptors (Lipinski definition) is 3. The molecule has 0 saturated carbocycles. The average Bonchev–Trinajstić information content (AvgIpc) is 2.58. The minimum Gasteiger partial charge on any atom is -0.357 e. The summed E-state index contributed by atoms with van der Waals surface area (Å²) in [5.41, 5.74) is -0.0288. The van der Waals surface area contributed by atoms with Crippen molar-refractivity contribution in [2.45, 2.75) is 50.9 Å². The Morgan fingerprint density at radius 2 is 2.00 bits per heavy atom. The Kier molecular flexibility index (Phi) is 3.47. The van der Waals surface area contributed by atoms with Gasteiger partial charge in [-0.05, 0) is 40.2 Å². The van der Waals surface area contributed by atoms with Gasteiger partial charge in [-0.3, -0.25) is 5.32 Å². The maximum Gasteiger partial charge on any atom is 0.132 e. The molecule has 0 aromatic heterocycles. The van der Waals surface area contributed by atoms with Gasteiger partial charge in [0, 0.05) is 11.6 Å². The van der Waals surface area contributed by atoms with E-state index in [1.165, 1.54) is 12.8 Å². The second kappa shape index (κ2) is 3.97. The third kappa shape index (κ3) is 2.22. The van der Waals surface area contributed by atoms with Gasteiger partial charge in [-0.2, -0.15) is 0 Å². The lowest BCUT2D eigenvalue weighted by atomic mass is 10.0. The number of ether oxygens (including phenoxy) is 1. The smallest absolute Gasteiger partial charge is 0.132 e. The second-order valence-electron chi connectivity index (χ2n) is 5.05. The van der Waals surface area contributed by atoms with Crippen molar-refractivity contribution in [3.05, 3.63) is 0 Å². The number of rotatable bonds is 1. The van der Waals surface area contributed by atoms with Crippen LogP contribution in [0, 0.1) is 0 Å². The SMILES string of the molecule is CC1(C)COC(C)(C2CCCN2)N1.Cl. The molecule has 0 aliphatic carbocycles. The monoisotopic (exact) mass is 220 g/mol. The lowest BCUT2D eigenvalue weighted by molar-refractivity contribution is -0.0203. The molecule has 14 heavy (non-hydrogen) atoms. The summed E-state index contributed by atoms with van der Waals surface area (Å²) in [5, 5.41) is 7.05. The first kappa shape index (κ1) is 12.2. The van der Waals surface area contributed by atoms with Crippen molar-refractivity contribution in [3.63, 3.8) is 0 Å². The molecule has 2 saturated heterocycles. The van der Waals surface area contributed by atoms with Crippen LogP contribution < -0.4 is 10.6 Å². The third-order valence-electron chi connectivity index (χ3n) is 3.04. The van der Waals surface area contributed by atoms with Gasteiger partial charge >= 0.3 is 0 Å². The van der Waals surface area contributed by atoms with Crippen molar-refractivity contribution in [2.24, 2.45) is 0 Å². The second-order valence-corrected chi connectivity index (χ2v) is 5.05. The lowest BCUT2D eigenvalue weighted by Crippen LogP contribution is -2.56. The van der Waals surface area contributed by atoms with E-state index in [0.717, 1.165) is 13.2 Å². The molecule has 0 amide bonds. The zero-order chi connectivity index (χ0) is 9.53. The first-order valence-corrected chi connectivity index (χ1v) is 5.19. The zero-order valence-electron chi connectivity index (χ0n) is 9.22. The van der Waals surface area contributed by atoms with Crippen LogP contribution in [0.25, 0.3) is 0 Å². The molecule has 2 aliphatic heterocycles. The fraction of sp³-hybridized carbons (Fsp3) is 1.00. The standard InChI is InChI=1S/C10H20N2O.ClH/c1-9(2)7-13-10(3,12-9)8-5-4-6-11-8;/h8,11-12H,4-7H2,1-3H3;1H. The molecule has 3 nitrogen and oxygen atoms in total. The molecule has 2 atom stereocenters. The van der Waals surface area contributed by atoms with Crippen molar-refractivity contribution in [2.75, 3.05) is 13.2 Å². The highest BCUT2D eigenvalue weighted by Gasteiger charge is 2.46. The summed E-state index contributed by atoms with van der Waals surface area (Å²) >= 11 is 0. The van der Waals surface area contributed by atoms with Crippen LogP contribution in [-0.2, 0) is 4.74 Å². The predicted molar refractivity (Wildman–Crippen MR) is 59.8 cm³/mol. The van der Waals surface area contributed by atoms with Gasteiger partial charge in [-0.25, -0.2) is 0 Å². The van der Waals surface area contributed by atoms with Gasteiger partial charge in [0.15, 0.2) is 0 Å². The molecule has 0 radical (unpaired) electrons. The van der Waals surface area contributed by atoms with Crippen molar-refractivity contribution >= 4 is 12.4 Å². The summed E-state index contributed by atoms with van der Waals surface area (Å²) in [4.78, 5) is 0. The van der Waals surface area contributed by atoms with E-state index in [2.05, 4.69) is 31.4 Å². The van der Waals surface area contributed by atoms with Gasteiger partial charge in [0.2, 0.25) is 0 Å². The Bertz CT molecular complexity index is 204. The number of halogens is 1. The molecule has 2 fully saturated rings. The topological polar surface area (TPSA) is 33.3 Å². The van der Waals surface area contributed by atoms with Crippen LogP contribution in [0.1, 0.15) is 33.6 Å².